The van der Waals surface area contributed by atoms with E-state index in [-0.39, 0.29) is 5.75 Å². The zero-order valence-electron chi connectivity index (χ0n) is 13.0. The molecule has 0 amide bonds. The zero-order chi connectivity index (χ0) is 16.2. The monoisotopic (exact) mass is 316 g/mol. The van der Waals surface area contributed by atoms with Crippen LogP contribution in [0, 0.1) is 0 Å². The van der Waals surface area contributed by atoms with Crippen molar-refractivity contribution in [3.05, 3.63) is 59.7 Å². The van der Waals surface area contributed by atoms with Gasteiger partial charge in [-0.05, 0) is 49.6 Å². The Balaban J connectivity index is 2.32. The quantitative estimate of drug-likeness (QED) is 0.873. The minimum atomic E-state index is -3.36. The average molecular weight is 316 g/mol. The molecule has 116 valence electrons. The van der Waals surface area contributed by atoms with Crippen LogP contribution in [0.2, 0.25) is 0 Å². The fourth-order valence-electron chi connectivity index (χ4n) is 3.58. The lowest BCUT2D eigenvalue weighted by atomic mass is 9.70. The first-order valence-corrected chi connectivity index (χ1v) is 8.80. The number of sulfone groups is 1. The summed E-state index contributed by atoms with van der Waals surface area (Å²) in [4.78, 5) is 0.418. The maximum Gasteiger partial charge on any atom is 0.183 e. The van der Waals surface area contributed by atoms with Gasteiger partial charge in [0.05, 0.1) is 9.64 Å². The number of phenols is 1. The highest BCUT2D eigenvalue weighted by molar-refractivity contribution is 7.93. The summed E-state index contributed by atoms with van der Waals surface area (Å²) < 4.78 is 24.9. The molecule has 0 saturated carbocycles. The first kappa shape index (κ1) is 15.1. The second kappa shape index (κ2) is 4.59. The van der Waals surface area contributed by atoms with Gasteiger partial charge in [0, 0.05) is 5.41 Å². The maximum atomic E-state index is 12.9. The lowest BCUT2D eigenvalue weighted by Crippen LogP contribution is -2.46. The van der Waals surface area contributed by atoms with Gasteiger partial charge in [-0.25, -0.2) is 8.42 Å². The summed E-state index contributed by atoms with van der Waals surface area (Å²) in [5, 5.41) is 9.52. The molecular formula is C18H20O3S. The molecule has 0 aliphatic carbocycles. The van der Waals surface area contributed by atoms with Gasteiger partial charge >= 0.3 is 0 Å². The Labute approximate surface area is 131 Å². The molecule has 0 fully saturated rings. The van der Waals surface area contributed by atoms with Gasteiger partial charge in [0.15, 0.2) is 9.84 Å². The molecule has 0 bridgehead atoms. The van der Waals surface area contributed by atoms with Crippen LogP contribution in [0.5, 0.6) is 5.75 Å². The summed E-state index contributed by atoms with van der Waals surface area (Å²) in [6, 6.07) is 14.3. The van der Waals surface area contributed by atoms with E-state index in [4.69, 9.17) is 0 Å². The molecule has 1 atom stereocenters. The number of fused-ring (bicyclic) bond motifs is 1. The Morgan fingerprint density at radius 3 is 2.18 bits per heavy atom. The van der Waals surface area contributed by atoms with Crippen molar-refractivity contribution in [1.29, 1.82) is 0 Å². The van der Waals surface area contributed by atoms with Crippen molar-refractivity contribution in [2.75, 3.05) is 0 Å². The van der Waals surface area contributed by atoms with Crippen molar-refractivity contribution in [2.45, 2.75) is 42.2 Å². The van der Waals surface area contributed by atoms with Crippen molar-refractivity contribution in [2.24, 2.45) is 0 Å². The predicted octanol–water partition coefficient (Wildman–Crippen LogP) is 3.65. The van der Waals surface area contributed by atoms with Crippen LogP contribution >= 0.6 is 0 Å². The fourth-order valence-corrected chi connectivity index (χ4v) is 5.50. The summed E-state index contributed by atoms with van der Waals surface area (Å²) in [5.41, 5.74) is 1.44. The normalized spacial score (nSPS) is 25.4. The summed E-state index contributed by atoms with van der Waals surface area (Å²) in [5.74, 6) is 0.211. The molecule has 0 saturated heterocycles. The SMILES string of the molecule is CC1(c2ccc(O)cc2)CC(C)(C)S(=O)(=O)c2ccccc21. The molecule has 1 heterocycles. The van der Waals surface area contributed by atoms with E-state index in [2.05, 4.69) is 6.92 Å². The third-order valence-electron chi connectivity index (χ3n) is 4.78. The van der Waals surface area contributed by atoms with Crippen LogP contribution in [-0.4, -0.2) is 18.3 Å². The van der Waals surface area contributed by atoms with Crippen LogP contribution < -0.4 is 0 Å². The maximum absolute atomic E-state index is 12.9. The largest absolute Gasteiger partial charge is 0.508 e. The van der Waals surface area contributed by atoms with Crippen LogP contribution in [-0.2, 0) is 15.3 Å². The van der Waals surface area contributed by atoms with Gasteiger partial charge in [-0.3, -0.25) is 0 Å². The molecule has 1 aliphatic heterocycles. The number of hydrogen-bond donors (Lipinski definition) is 1. The van der Waals surface area contributed by atoms with Gasteiger partial charge in [0.25, 0.3) is 0 Å². The number of phenolic OH excluding ortho intramolecular Hbond substituents is 1. The van der Waals surface area contributed by atoms with E-state index < -0.39 is 20.0 Å². The Bertz CT molecular complexity index is 820. The van der Waals surface area contributed by atoms with E-state index in [1.807, 2.05) is 24.3 Å². The zero-order valence-corrected chi connectivity index (χ0v) is 13.8. The third-order valence-corrected chi connectivity index (χ3v) is 7.32. The van der Waals surface area contributed by atoms with Crippen molar-refractivity contribution in [3.8, 4) is 5.75 Å². The highest BCUT2D eigenvalue weighted by Gasteiger charge is 2.50. The number of rotatable bonds is 1. The number of benzene rings is 2. The number of hydrogen-bond acceptors (Lipinski definition) is 3. The molecule has 2 aromatic carbocycles. The van der Waals surface area contributed by atoms with Crippen LogP contribution in [0.15, 0.2) is 53.4 Å². The van der Waals surface area contributed by atoms with Crippen molar-refractivity contribution in [3.63, 3.8) is 0 Å². The summed E-state index contributed by atoms with van der Waals surface area (Å²) in [6.07, 6.45) is 0.504. The minimum absolute atomic E-state index is 0.211. The highest BCUT2D eigenvalue weighted by atomic mass is 32.2. The predicted molar refractivity (Wildman–Crippen MR) is 86.9 cm³/mol. The molecule has 1 N–H and O–H groups in total. The Hall–Kier alpha value is -1.81. The smallest absolute Gasteiger partial charge is 0.183 e. The van der Waals surface area contributed by atoms with Crippen LogP contribution in [0.25, 0.3) is 0 Å². The van der Waals surface area contributed by atoms with Crippen molar-refractivity contribution in [1.82, 2.24) is 0 Å². The van der Waals surface area contributed by atoms with E-state index in [0.29, 0.717) is 11.3 Å². The van der Waals surface area contributed by atoms with Gasteiger partial charge in [-0.2, -0.15) is 0 Å². The Morgan fingerprint density at radius 1 is 0.955 bits per heavy atom. The first-order valence-electron chi connectivity index (χ1n) is 7.32. The molecule has 0 aromatic heterocycles. The van der Waals surface area contributed by atoms with Crippen LogP contribution in [0.1, 0.15) is 38.3 Å². The molecule has 0 radical (unpaired) electrons. The molecule has 2 aromatic rings. The second-order valence-electron chi connectivity index (χ2n) is 6.82. The van der Waals surface area contributed by atoms with Gasteiger partial charge in [0.2, 0.25) is 0 Å². The Morgan fingerprint density at radius 2 is 1.55 bits per heavy atom. The minimum Gasteiger partial charge on any atom is -0.508 e. The van der Waals surface area contributed by atoms with E-state index in [0.717, 1.165) is 11.1 Å². The van der Waals surface area contributed by atoms with Crippen molar-refractivity contribution < 1.29 is 13.5 Å². The summed E-state index contributed by atoms with van der Waals surface area (Å²) in [7, 11) is -3.36. The molecule has 4 heteroatoms. The fraction of sp³-hybridized carbons (Fsp3) is 0.333. The van der Waals surface area contributed by atoms with Gasteiger partial charge in [-0.15, -0.1) is 0 Å². The summed E-state index contributed by atoms with van der Waals surface area (Å²) in [6.45, 7) is 5.66. The third kappa shape index (κ3) is 1.97. The lowest BCUT2D eigenvalue weighted by molar-refractivity contribution is 0.405. The van der Waals surface area contributed by atoms with E-state index in [1.54, 1.807) is 38.1 Å². The van der Waals surface area contributed by atoms with E-state index in [9.17, 15) is 13.5 Å². The topological polar surface area (TPSA) is 54.4 Å². The van der Waals surface area contributed by atoms with Gasteiger partial charge in [-0.1, -0.05) is 37.3 Å². The molecular weight excluding hydrogens is 296 g/mol. The highest BCUT2D eigenvalue weighted by Crippen LogP contribution is 2.50. The van der Waals surface area contributed by atoms with E-state index in [1.165, 1.54) is 0 Å². The van der Waals surface area contributed by atoms with Crippen molar-refractivity contribution >= 4 is 9.84 Å². The van der Waals surface area contributed by atoms with Gasteiger partial charge in [0.1, 0.15) is 5.75 Å². The molecule has 0 spiro atoms. The molecule has 3 nitrogen and oxygen atoms in total. The lowest BCUT2D eigenvalue weighted by Gasteiger charge is -2.44. The first-order chi connectivity index (χ1) is 10.2. The number of aromatic hydroxyl groups is 1. The van der Waals surface area contributed by atoms with Crippen LogP contribution in [0.3, 0.4) is 0 Å². The standard InChI is InChI=1S/C18H20O3S/c1-17(2)12-18(3,13-8-10-14(19)11-9-13)15-6-4-5-7-16(15)22(17,20)21/h4-11,19H,12H2,1-3H3. The second-order valence-corrected chi connectivity index (χ2v) is 9.37. The van der Waals surface area contributed by atoms with Crippen LogP contribution in [0.4, 0.5) is 0 Å². The summed E-state index contributed by atoms with van der Waals surface area (Å²) >= 11 is 0. The average Bonchev–Trinajstić information content (AvgIpc) is 2.46. The molecule has 3 rings (SSSR count). The molecule has 22 heavy (non-hydrogen) atoms. The molecule has 1 unspecified atom stereocenters. The van der Waals surface area contributed by atoms with Gasteiger partial charge < -0.3 is 5.11 Å². The van der Waals surface area contributed by atoms with E-state index >= 15 is 0 Å². The molecule has 1 aliphatic rings. The Kier molecular flexibility index (Phi) is 3.15.